The predicted molar refractivity (Wildman–Crippen MR) is 59.1 cm³/mol. The number of carbonyl (C=O) groups is 1. The zero-order valence-corrected chi connectivity index (χ0v) is 8.97. The summed E-state index contributed by atoms with van der Waals surface area (Å²) in [6, 6.07) is 3.66. The minimum Gasteiger partial charge on any atom is -0.304 e. The van der Waals surface area contributed by atoms with E-state index in [1.807, 2.05) is 28.9 Å². The smallest absolute Gasteiger partial charge is 0.150 e. The van der Waals surface area contributed by atoms with E-state index in [0.29, 0.717) is 11.5 Å². The van der Waals surface area contributed by atoms with E-state index in [4.69, 9.17) is 0 Å². The number of fused-ring (bicyclic) bond motifs is 1. The molecular weight excluding hydrogens is 188 g/mol. The molecule has 0 saturated carbocycles. The molecule has 0 aliphatic rings. The van der Waals surface area contributed by atoms with Crippen LogP contribution in [0.2, 0.25) is 0 Å². The first-order valence-corrected chi connectivity index (χ1v) is 5.12. The van der Waals surface area contributed by atoms with Gasteiger partial charge < -0.3 is 4.40 Å². The summed E-state index contributed by atoms with van der Waals surface area (Å²) < 4.78 is 2.03. The zero-order chi connectivity index (χ0) is 10.8. The van der Waals surface area contributed by atoms with Crippen molar-refractivity contribution in [3.8, 4) is 0 Å². The van der Waals surface area contributed by atoms with Crippen LogP contribution in [0.1, 0.15) is 30.0 Å². The first kappa shape index (κ1) is 9.90. The lowest BCUT2D eigenvalue weighted by Gasteiger charge is -2.03. The Bertz CT molecular complexity index is 485. The molecule has 2 heterocycles. The third-order valence-electron chi connectivity index (χ3n) is 2.36. The first-order valence-electron chi connectivity index (χ1n) is 5.12. The maximum absolute atomic E-state index is 10.6. The van der Waals surface area contributed by atoms with E-state index < -0.39 is 0 Å². The summed E-state index contributed by atoms with van der Waals surface area (Å²) in [4.78, 5) is 15.0. The van der Waals surface area contributed by atoms with E-state index in [2.05, 4.69) is 18.8 Å². The van der Waals surface area contributed by atoms with Crippen molar-refractivity contribution in [3.63, 3.8) is 0 Å². The molecule has 0 radical (unpaired) electrons. The number of pyridine rings is 1. The Morgan fingerprint density at radius 3 is 3.00 bits per heavy atom. The lowest BCUT2D eigenvalue weighted by Crippen LogP contribution is -2.00. The maximum atomic E-state index is 10.6. The normalized spacial score (nSPS) is 11.1. The monoisotopic (exact) mass is 202 g/mol. The van der Waals surface area contributed by atoms with Crippen LogP contribution in [-0.4, -0.2) is 15.7 Å². The van der Waals surface area contributed by atoms with Gasteiger partial charge in [0.25, 0.3) is 0 Å². The molecule has 2 aromatic heterocycles. The summed E-state index contributed by atoms with van der Waals surface area (Å²) in [5, 5.41) is 0. The van der Waals surface area contributed by atoms with Gasteiger partial charge in [-0.2, -0.15) is 0 Å². The molecule has 0 amide bonds. The van der Waals surface area contributed by atoms with Crippen molar-refractivity contribution in [3.05, 3.63) is 35.9 Å². The molecule has 0 aliphatic heterocycles. The third-order valence-corrected chi connectivity index (χ3v) is 2.36. The second kappa shape index (κ2) is 3.85. The van der Waals surface area contributed by atoms with Gasteiger partial charge in [0.15, 0.2) is 0 Å². The Kier molecular flexibility index (Phi) is 2.54. The molecule has 78 valence electrons. The van der Waals surface area contributed by atoms with E-state index in [1.165, 1.54) is 0 Å². The van der Waals surface area contributed by atoms with Crippen LogP contribution in [0.15, 0.2) is 24.5 Å². The fourth-order valence-corrected chi connectivity index (χ4v) is 1.66. The number of hydrogen-bond acceptors (Lipinski definition) is 2. The predicted octanol–water partition coefficient (Wildman–Crippen LogP) is 2.35. The highest BCUT2D eigenvalue weighted by atomic mass is 16.1. The molecule has 3 heteroatoms. The standard InChI is InChI=1S/C12H14N2O/c1-9(2)5-12-13-7-11-6-10(8-15)3-4-14(11)12/h3-4,6-9H,5H2,1-2H3. The molecule has 2 aromatic rings. The van der Waals surface area contributed by atoms with Crippen LogP contribution in [-0.2, 0) is 6.42 Å². The summed E-state index contributed by atoms with van der Waals surface area (Å²) in [6.45, 7) is 4.34. The van der Waals surface area contributed by atoms with Crippen molar-refractivity contribution < 1.29 is 4.79 Å². The summed E-state index contributed by atoms with van der Waals surface area (Å²) in [7, 11) is 0. The molecule has 0 unspecified atom stereocenters. The Morgan fingerprint density at radius 1 is 1.53 bits per heavy atom. The summed E-state index contributed by atoms with van der Waals surface area (Å²) >= 11 is 0. The summed E-state index contributed by atoms with van der Waals surface area (Å²) in [6.07, 6.45) is 5.53. The van der Waals surface area contributed by atoms with E-state index in [1.54, 1.807) is 0 Å². The molecule has 3 nitrogen and oxygen atoms in total. The molecule has 0 atom stereocenters. The SMILES string of the molecule is CC(C)Cc1ncc2cc(C=O)ccn12. The maximum Gasteiger partial charge on any atom is 0.150 e. The van der Waals surface area contributed by atoms with Gasteiger partial charge in [-0.1, -0.05) is 13.8 Å². The molecule has 0 saturated heterocycles. The first-order chi connectivity index (χ1) is 7.20. The molecular formula is C12H14N2O. The van der Waals surface area contributed by atoms with E-state index in [0.717, 1.165) is 24.0 Å². The third kappa shape index (κ3) is 1.91. The van der Waals surface area contributed by atoms with Crippen molar-refractivity contribution in [2.24, 2.45) is 5.92 Å². The lowest BCUT2D eigenvalue weighted by atomic mass is 10.1. The molecule has 2 rings (SSSR count). The van der Waals surface area contributed by atoms with Crippen LogP contribution in [0.3, 0.4) is 0 Å². The molecule has 0 N–H and O–H groups in total. The average Bonchev–Trinajstić information content (AvgIpc) is 2.60. The van der Waals surface area contributed by atoms with Gasteiger partial charge in [0.1, 0.15) is 12.1 Å². The second-order valence-electron chi connectivity index (χ2n) is 4.15. The van der Waals surface area contributed by atoms with Crippen LogP contribution >= 0.6 is 0 Å². The number of aldehydes is 1. The topological polar surface area (TPSA) is 34.4 Å². The van der Waals surface area contributed by atoms with Crippen LogP contribution in [0.5, 0.6) is 0 Å². The van der Waals surface area contributed by atoms with E-state index >= 15 is 0 Å². The largest absolute Gasteiger partial charge is 0.304 e. The highest BCUT2D eigenvalue weighted by Crippen LogP contribution is 2.12. The fourth-order valence-electron chi connectivity index (χ4n) is 1.66. The van der Waals surface area contributed by atoms with E-state index in [-0.39, 0.29) is 0 Å². The molecule has 0 aromatic carbocycles. The van der Waals surface area contributed by atoms with Crippen molar-refractivity contribution in [2.45, 2.75) is 20.3 Å². The highest BCUT2D eigenvalue weighted by Gasteiger charge is 2.05. The minimum atomic E-state index is 0.585. The second-order valence-corrected chi connectivity index (χ2v) is 4.15. The Balaban J connectivity index is 2.47. The van der Waals surface area contributed by atoms with Crippen LogP contribution in [0.4, 0.5) is 0 Å². The quantitative estimate of drug-likeness (QED) is 0.716. The van der Waals surface area contributed by atoms with E-state index in [9.17, 15) is 4.79 Å². The van der Waals surface area contributed by atoms with Crippen molar-refractivity contribution in [2.75, 3.05) is 0 Å². The Hall–Kier alpha value is -1.64. The van der Waals surface area contributed by atoms with Gasteiger partial charge >= 0.3 is 0 Å². The van der Waals surface area contributed by atoms with Crippen LogP contribution in [0, 0.1) is 5.92 Å². The Morgan fingerprint density at radius 2 is 2.33 bits per heavy atom. The average molecular weight is 202 g/mol. The highest BCUT2D eigenvalue weighted by molar-refractivity contribution is 5.77. The minimum absolute atomic E-state index is 0.585. The van der Waals surface area contributed by atoms with Gasteiger partial charge in [-0.15, -0.1) is 0 Å². The van der Waals surface area contributed by atoms with Gasteiger partial charge in [0.05, 0.1) is 11.7 Å². The van der Waals surface area contributed by atoms with Crippen LogP contribution < -0.4 is 0 Å². The van der Waals surface area contributed by atoms with Crippen molar-refractivity contribution in [1.82, 2.24) is 9.38 Å². The fraction of sp³-hybridized carbons (Fsp3) is 0.333. The van der Waals surface area contributed by atoms with Crippen LogP contribution in [0.25, 0.3) is 5.52 Å². The lowest BCUT2D eigenvalue weighted by molar-refractivity contribution is 0.112. The van der Waals surface area contributed by atoms with Gasteiger partial charge in [0, 0.05) is 18.2 Å². The number of hydrogen-bond donors (Lipinski definition) is 0. The molecule has 0 fully saturated rings. The van der Waals surface area contributed by atoms with Crippen molar-refractivity contribution in [1.29, 1.82) is 0 Å². The number of carbonyl (C=O) groups excluding carboxylic acids is 1. The summed E-state index contributed by atoms with van der Waals surface area (Å²) in [5.41, 5.74) is 1.67. The molecule has 0 bridgehead atoms. The Labute approximate surface area is 88.8 Å². The van der Waals surface area contributed by atoms with Gasteiger partial charge in [-0.05, 0) is 18.1 Å². The van der Waals surface area contributed by atoms with Crippen molar-refractivity contribution >= 4 is 11.8 Å². The number of rotatable bonds is 3. The van der Waals surface area contributed by atoms with Gasteiger partial charge in [-0.25, -0.2) is 4.98 Å². The number of nitrogens with zero attached hydrogens (tertiary/aromatic N) is 2. The molecule has 0 aliphatic carbocycles. The van der Waals surface area contributed by atoms with Gasteiger partial charge in [-0.3, -0.25) is 4.79 Å². The van der Waals surface area contributed by atoms with Gasteiger partial charge in [0.2, 0.25) is 0 Å². The summed E-state index contributed by atoms with van der Waals surface area (Å²) in [5.74, 6) is 1.64. The molecule has 0 spiro atoms. The number of imidazole rings is 1. The number of aromatic nitrogens is 2. The zero-order valence-electron chi connectivity index (χ0n) is 8.97. The molecule has 15 heavy (non-hydrogen) atoms.